The van der Waals surface area contributed by atoms with Gasteiger partial charge in [-0.1, -0.05) is 28.1 Å². The van der Waals surface area contributed by atoms with Gasteiger partial charge in [-0.25, -0.2) is 0 Å². The third-order valence-corrected chi connectivity index (χ3v) is 8.06. The third-order valence-electron chi connectivity index (χ3n) is 7.57. The van der Waals surface area contributed by atoms with Gasteiger partial charge in [0.05, 0.1) is 24.5 Å². The Labute approximate surface area is 204 Å². The molecule has 3 N–H and O–H groups in total. The number of hydrogen-bond donors (Lipinski definition) is 3. The zero-order valence-corrected chi connectivity index (χ0v) is 19.9. The van der Waals surface area contributed by atoms with E-state index in [1.54, 1.807) is 30.3 Å². The first-order valence-corrected chi connectivity index (χ1v) is 12.3. The van der Waals surface area contributed by atoms with Crippen molar-refractivity contribution < 1.29 is 24.2 Å². The van der Waals surface area contributed by atoms with Crippen LogP contribution in [0.3, 0.4) is 0 Å². The zero-order chi connectivity index (χ0) is 23.6. The van der Waals surface area contributed by atoms with Gasteiger partial charge in [0, 0.05) is 28.4 Å². The van der Waals surface area contributed by atoms with E-state index in [9.17, 15) is 19.5 Å². The quantitative estimate of drug-likeness (QED) is 0.528. The number of benzene rings is 2. The molecule has 5 atom stereocenters. The molecule has 0 saturated carbocycles. The van der Waals surface area contributed by atoms with E-state index in [-0.39, 0.29) is 36.1 Å². The van der Waals surface area contributed by atoms with Gasteiger partial charge in [-0.15, -0.1) is 0 Å². The molecule has 3 saturated heterocycles. The van der Waals surface area contributed by atoms with Crippen LogP contribution in [0.15, 0.2) is 46.9 Å². The smallest absolute Gasteiger partial charge is 0.250 e. The molecule has 0 aliphatic carbocycles. The fourth-order valence-electron chi connectivity index (χ4n) is 6.07. The maximum atomic E-state index is 13.8. The first-order chi connectivity index (χ1) is 16.4. The number of ether oxygens (including phenoxy) is 1. The molecule has 0 aromatic heterocycles. The van der Waals surface area contributed by atoms with E-state index in [0.717, 1.165) is 22.9 Å². The maximum absolute atomic E-state index is 13.8. The number of phenolic OH excluding ortho intramolecular Hbond substituents is 1. The van der Waals surface area contributed by atoms with Crippen molar-refractivity contribution in [2.75, 3.05) is 18.5 Å². The minimum atomic E-state index is -1.33. The summed E-state index contributed by atoms with van der Waals surface area (Å²) in [6.45, 7) is 0.853. The molecular weight excluding hydrogens is 502 g/mol. The Kier molecular flexibility index (Phi) is 5.05. The van der Waals surface area contributed by atoms with Gasteiger partial charge >= 0.3 is 0 Å². The van der Waals surface area contributed by atoms with Gasteiger partial charge < -0.3 is 15.2 Å². The molecule has 2 aromatic carbocycles. The average molecular weight is 526 g/mol. The number of rotatable bonds is 4. The van der Waals surface area contributed by atoms with Crippen molar-refractivity contribution >= 4 is 39.3 Å². The molecule has 0 unspecified atom stereocenters. The van der Waals surface area contributed by atoms with Gasteiger partial charge in [0.2, 0.25) is 17.7 Å². The van der Waals surface area contributed by atoms with Crippen LogP contribution in [0, 0.1) is 11.8 Å². The van der Waals surface area contributed by atoms with E-state index in [4.69, 9.17) is 4.74 Å². The number of hydrogen-bond acceptors (Lipinski definition) is 6. The number of likely N-dealkylation sites (tertiary alicyclic amines) is 1. The van der Waals surface area contributed by atoms with Crippen molar-refractivity contribution in [3.8, 4) is 5.75 Å². The number of anilines is 1. The monoisotopic (exact) mass is 525 g/mol. The van der Waals surface area contributed by atoms with Crippen LogP contribution in [0.2, 0.25) is 0 Å². The lowest BCUT2D eigenvalue weighted by molar-refractivity contribution is -0.144. The lowest BCUT2D eigenvalue weighted by Crippen LogP contribution is -2.54. The summed E-state index contributed by atoms with van der Waals surface area (Å²) >= 11 is 3.49. The summed E-state index contributed by atoms with van der Waals surface area (Å²) < 4.78 is 6.49. The number of fused-ring (bicyclic) bond motifs is 4. The standard InChI is InChI=1S/C25H24BrN3O5/c26-14-5-8-18-17(11-14)25(24(33)27-18)21-20(19(28-25)10-13-3-6-15(30)7-4-13)22(31)29(23(21)32)12-16-2-1-9-34-16/h3-8,11,16,19-21,28,30H,1-2,9-10,12H2,(H,27,33)/t16-,19+,20+,21-,25-/m0/s1. The van der Waals surface area contributed by atoms with Crippen molar-refractivity contribution in [3.05, 3.63) is 58.1 Å². The molecular formula is C25H24BrN3O5. The number of amides is 3. The average Bonchev–Trinajstić information content (AvgIpc) is 3.56. The number of halogens is 1. The number of imide groups is 1. The molecule has 6 rings (SSSR count). The first-order valence-electron chi connectivity index (χ1n) is 11.5. The molecule has 8 nitrogen and oxygen atoms in total. The first kappa shape index (κ1) is 21.8. The highest BCUT2D eigenvalue weighted by Crippen LogP contribution is 2.53. The van der Waals surface area contributed by atoms with Gasteiger partial charge in [0.25, 0.3) is 0 Å². The lowest BCUT2D eigenvalue weighted by atomic mass is 9.76. The molecule has 3 amide bonds. The molecule has 1 spiro atoms. The molecule has 9 heteroatoms. The molecule has 2 aromatic rings. The van der Waals surface area contributed by atoms with E-state index in [1.807, 2.05) is 12.1 Å². The summed E-state index contributed by atoms with van der Waals surface area (Å²) in [6, 6.07) is 11.8. The van der Waals surface area contributed by atoms with Crippen LogP contribution in [-0.2, 0) is 31.1 Å². The topological polar surface area (TPSA) is 108 Å². The van der Waals surface area contributed by atoms with Crippen molar-refractivity contribution in [1.29, 1.82) is 0 Å². The van der Waals surface area contributed by atoms with E-state index in [0.29, 0.717) is 24.3 Å². The number of aromatic hydroxyl groups is 1. The summed E-state index contributed by atoms with van der Waals surface area (Å²) in [6.07, 6.45) is 1.99. The second kappa shape index (κ2) is 7.90. The fraction of sp³-hybridized carbons (Fsp3) is 0.400. The molecule has 4 heterocycles. The van der Waals surface area contributed by atoms with Crippen molar-refractivity contribution in [1.82, 2.24) is 10.2 Å². The van der Waals surface area contributed by atoms with Crippen LogP contribution in [0.1, 0.15) is 24.0 Å². The van der Waals surface area contributed by atoms with Gasteiger partial charge in [-0.05, 0) is 55.2 Å². The Morgan fingerprint density at radius 3 is 2.65 bits per heavy atom. The molecule has 4 aliphatic rings. The summed E-state index contributed by atoms with van der Waals surface area (Å²) in [5.41, 5.74) is 0.887. The Balaban J connectivity index is 1.43. The predicted octanol–water partition coefficient (Wildman–Crippen LogP) is 2.30. The Morgan fingerprint density at radius 1 is 1.12 bits per heavy atom. The number of phenols is 1. The summed E-state index contributed by atoms with van der Waals surface area (Å²) in [5.74, 6) is -2.27. The van der Waals surface area contributed by atoms with Crippen LogP contribution in [-0.4, -0.2) is 53.0 Å². The Morgan fingerprint density at radius 2 is 1.91 bits per heavy atom. The van der Waals surface area contributed by atoms with Crippen molar-refractivity contribution in [3.63, 3.8) is 0 Å². The van der Waals surface area contributed by atoms with E-state index in [2.05, 4.69) is 26.6 Å². The van der Waals surface area contributed by atoms with Crippen LogP contribution in [0.5, 0.6) is 5.75 Å². The molecule has 0 bridgehead atoms. The maximum Gasteiger partial charge on any atom is 0.250 e. The SMILES string of the molecule is O=C1[C@H]2[C@@H](C(=O)N1C[C@@H]1CCCO1)[C@]1(N[C@@H]2Cc2ccc(O)cc2)C(=O)Nc2ccc(Br)cc21. The molecule has 34 heavy (non-hydrogen) atoms. The highest BCUT2D eigenvalue weighted by molar-refractivity contribution is 9.10. The van der Waals surface area contributed by atoms with Crippen molar-refractivity contribution in [2.24, 2.45) is 11.8 Å². The molecule has 176 valence electrons. The Bertz CT molecular complexity index is 1200. The predicted molar refractivity (Wildman–Crippen MR) is 126 cm³/mol. The molecule has 0 radical (unpaired) electrons. The summed E-state index contributed by atoms with van der Waals surface area (Å²) in [4.78, 5) is 42.4. The molecule has 4 aliphatic heterocycles. The number of nitrogens with one attached hydrogen (secondary N) is 2. The van der Waals surface area contributed by atoms with E-state index >= 15 is 0 Å². The van der Waals surface area contributed by atoms with Gasteiger partial charge in [-0.2, -0.15) is 0 Å². The summed E-state index contributed by atoms with van der Waals surface area (Å²) in [7, 11) is 0. The van der Waals surface area contributed by atoms with Crippen molar-refractivity contribution in [2.45, 2.75) is 36.9 Å². The normalized spacial score (nSPS) is 31.9. The minimum Gasteiger partial charge on any atom is -0.508 e. The largest absolute Gasteiger partial charge is 0.508 e. The number of nitrogens with zero attached hydrogens (tertiary/aromatic N) is 1. The Hall–Kier alpha value is -2.75. The highest BCUT2D eigenvalue weighted by Gasteiger charge is 2.70. The minimum absolute atomic E-state index is 0.154. The van der Waals surface area contributed by atoms with E-state index in [1.165, 1.54) is 4.90 Å². The van der Waals surface area contributed by atoms with Crippen LogP contribution < -0.4 is 10.6 Å². The highest BCUT2D eigenvalue weighted by atomic mass is 79.9. The van der Waals surface area contributed by atoms with Gasteiger partial charge in [0.1, 0.15) is 11.3 Å². The van der Waals surface area contributed by atoms with Gasteiger partial charge in [0.15, 0.2) is 0 Å². The lowest BCUT2D eigenvalue weighted by Gasteiger charge is -2.30. The third kappa shape index (κ3) is 3.14. The van der Waals surface area contributed by atoms with Gasteiger partial charge in [-0.3, -0.25) is 24.6 Å². The van der Waals surface area contributed by atoms with Crippen LogP contribution in [0.4, 0.5) is 5.69 Å². The zero-order valence-electron chi connectivity index (χ0n) is 18.3. The van der Waals surface area contributed by atoms with Crippen LogP contribution in [0.25, 0.3) is 0 Å². The second-order valence-electron chi connectivity index (χ2n) is 9.50. The number of carbonyl (C=O) groups excluding carboxylic acids is 3. The second-order valence-corrected chi connectivity index (χ2v) is 10.4. The number of carbonyl (C=O) groups is 3. The van der Waals surface area contributed by atoms with Crippen LogP contribution >= 0.6 is 15.9 Å². The van der Waals surface area contributed by atoms with E-state index < -0.39 is 23.4 Å². The fourth-order valence-corrected chi connectivity index (χ4v) is 6.43. The summed E-state index contributed by atoms with van der Waals surface area (Å²) in [5, 5.41) is 16.0. The molecule has 3 fully saturated rings.